The number of hydrogen-bond donors (Lipinski definition) is 0. The first-order chi connectivity index (χ1) is 33.5. The van der Waals surface area contributed by atoms with Crippen molar-refractivity contribution in [2.45, 2.75) is 303 Å². The summed E-state index contributed by atoms with van der Waals surface area (Å²) >= 11 is 0. The summed E-state index contributed by atoms with van der Waals surface area (Å²) < 4.78 is 16.8. The molecule has 6 heteroatoms. The van der Waals surface area contributed by atoms with Crippen LogP contribution in [-0.4, -0.2) is 37.2 Å². The van der Waals surface area contributed by atoms with Gasteiger partial charge >= 0.3 is 17.9 Å². The van der Waals surface area contributed by atoms with Crippen LogP contribution in [0.1, 0.15) is 297 Å². The van der Waals surface area contributed by atoms with E-state index < -0.39 is 6.10 Å². The molecule has 0 aliphatic heterocycles. The molecule has 68 heavy (non-hydrogen) atoms. The molecule has 0 aromatic heterocycles. The molecule has 0 aromatic carbocycles. The molecule has 0 N–H and O–H groups in total. The Kier molecular flexibility index (Phi) is 54.3. The van der Waals surface area contributed by atoms with Gasteiger partial charge in [-0.05, 0) is 64.2 Å². The summed E-state index contributed by atoms with van der Waals surface area (Å²) in [5.74, 6) is -0.912. The maximum Gasteiger partial charge on any atom is 0.306 e. The van der Waals surface area contributed by atoms with Gasteiger partial charge in [0.05, 0.1) is 0 Å². The zero-order valence-corrected chi connectivity index (χ0v) is 45.1. The molecule has 0 saturated heterocycles. The fraction of sp³-hybridized carbons (Fsp3) is 0.790. The number of carbonyl (C=O) groups is 3. The van der Waals surface area contributed by atoms with Gasteiger partial charge in [0.15, 0.2) is 6.10 Å². The van der Waals surface area contributed by atoms with Crippen LogP contribution in [0, 0.1) is 0 Å². The van der Waals surface area contributed by atoms with E-state index in [0.29, 0.717) is 19.3 Å². The van der Waals surface area contributed by atoms with Crippen molar-refractivity contribution in [1.82, 2.24) is 0 Å². The number of esters is 3. The second-order valence-corrected chi connectivity index (χ2v) is 19.5. The highest BCUT2D eigenvalue weighted by atomic mass is 16.6. The fourth-order valence-corrected chi connectivity index (χ4v) is 8.41. The second-order valence-electron chi connectivity index (χ2n) is 19.5. The van der Waals surface area contributed by atoms with Crippen molar-refractivity contribution in [3.63, 3.8) is 0 Å². The smallest absolute Gasteiger partial charge is 0.306 e. The fourth-order valence-electron chi connectivity index (χ4n) is 8.41. The Morgan fingerprint density at radius 2 is 0.574 bits per heavy atom. The lowest BCUT2D eigenvalue weighted by atomic mass is 10.0. The summed E-state index contributed by atoms with van der Waals surface area (Å²) in [5, 5.41) is 0. The van der Waals surface area contributed by atoms with Gasteiger partial charge in [-0.15, -0.1) is 0 Å². The van der Waals surface area contributed by atoms with Crippen molar-refractivity contribution in [3.8, 4) is 0 Å². The minimum Gasteiger partial charge on any atom is -0.462 e. The lowest BCUT2D eigenvalue weighted by Gasteiger charge is -2.18. The molecule has 0 spiro atoms. The molecule has 1 atom stereocenters. The second kappa shape index (κ2) is 56.7. The zero-order valence-electron chi connectivity index (χ0n) is 45.1. The van der Waals surface area contributed by atoms with E-state index >= 15 is 0 Å². The number of rotatable bonds is 53. The average Bonchev–Trinajstić information content (AvgIpc) is 3.34. The third kappa shape index (κ3) is 54.1. The van der Waals surface area contributed by atoms with Crippen LogP contribution in [0.25, 0.3) is 0 Å². The lowest BCUT2D eigenvalue weighted by molar-refractivity contribution is -0.167. The maximum absolute atomic E-state index is 12.8. The quantitative estimate of drug-likeness (QED) is 0.0262. The monoisotopic (exact) mass is 951 g/mol. The van der Waals surface area contributed by atoms with Crippen molar-refractivity contribution >= 4 is 17.9 Å². The first-order valence-corrected chi connectivity index (χ1v) is 29.3. The highest BCUT2D eigenvalue weighted by Crippen LogP contribution is 2.17. The largest absolute Gasteiger partial charge is 0.462 e. The molecule has 0 fully saturated rings. The van der Waals surface area contributed by atoms with Gasteiger partial charge in [0.2, 0.25) is 0 Å². The number of ether oxygens (including phenoxy) is 3. The van der Waals surface area contributed by atoms with Gasteiger partial charge in [-0.25, -0.2) is 0 Å². The number of hydrogen-bond acceptors (Lipinski definition) is 6. The molecule has 0 aromatic rings. The SMILES string of the molecule is CC/C=C\C/C=C\C/C=C\C/C=C\C/C=C\CCCCCC(=O)OC(COC(=O)CCCCCCCCC)COC(=O)CCCCCCCCCCCCCCCCCCCCCCCCCC. The Bertz CT molecular complexity index is 1230. The van der Waals surface area contributed by atoms with Gasteiger partial charge in [0.25, 0.3) is 0 Å². The van der Waals surface area contributed by atoms with Crippen LogP contribution in [0.5, 0.6) is 0 Å². The van der Waals surface area contributed by atoms with Crippen LogP contribution in [0.4, 0.5) is 0 Å². The standard InChI is InChI=1S/C62H110O6/c1-4-7-10-13-16-18-20-22-24-26-28-29-30-31-32-34-35-37-39-41-43-46-49-52-55-61(64)67-58-59(57-66-60(63)54-51-48-45-15-12-9-6-3)68-62(65)56-53-50-47-44-42-40-38-36-33-27-25-23-21-19-17-14-11-8-5-2/h8,11,17,19,23,25,33,36,40,42,59H,4-7,9-10,12-16,18,20-22,24,26-32,34-35,37-39,41,43-58H2,1-3H3/b11-8-,19-17-,25-23-,36-33-,42-40-. The molecule has 6 nitrogen and oxygen atoms in total. The molecule has 0 heterocycles. The van der Waals surface area contributed by atoms with Crippen molar-refractivity contribution in [3.05, 3.63) is 60.8 Å². The van der Waals surface area contributed by atoms with E-state index in [2.05, 4.69) is 81.5 Å². The van der Waals surface area contributed by atoms with Crippen LogP contribution in [0.2, 0.25) is 0 Å². The molecule has 0 bridgehead atoms. The van der Waals surface area contributed by atoms with Crippen LogP contribution >= 0.6 is 0 Å². The van der Waals surface area contributed by atoms with Gasteiger partial charge in [-0.2, -0.15) is 0 Å². The average molecular weight is 952 g/mol. The Hall–Kier alpha value is -2.89. The molecular formula is C62H110O6. The number of carbonyl (C=O) groups excluding carboxylic acids is 3. The molecule has 0 radical (unpaired) electrons. The van der Waals surface area contributed by atoms with Gasteiger partial charge in [-0.1, -0.05) is 274 Å². The third-order valence-electron chi connectivity index (χ3n) is 12.8. The van der Waals surface area contributed by atoms with E-state index in [-0.39, 0.29) is 31.1 Å². The molecule has 0 saturated carbocycles. The summed E-state index contributed by atoms with van der Waals surface area (Å²) in [6.45, 7) is 6.49. The van der Waals surface area contributed by atoms with Gasteiger partial charge in [-0.3, -0.25) is 14.4 Å². The summed E-state index contributed by atoms with van der Waals surface area (Å²) in [6, 6.07) is 0. The van der Waals surface area contributed by atoms with E-state index in [1.54, 1.807) is 0 Å². The summed E-state index contributed by atoms with van der Waals surface area (Å²) in [6.07, 6.45) is 71.0. The third-order valence-corrected chi connectivity index (χ3v) is 12.8. The Labute approximate surface area is 421 Å². The zero-order chi connectivity index (χ0) is 49.3. The van der Waals surface area contributed by atoms with Crippen LogP contribution < -0.4 is 0 Å². The van der Waals surface area contributed by atoms with Gasteiger partial charge in [0, 0.05) is 19.3 Å². The number of allylic oxidation sites excluding steroid dienone is 10. The van der Waals surface area contributed by atoms with E-state index in [4.69, 9.17) is 14.2 Å². The summed E-state index contributed by atoms with van der Waals surface area (Å²) in [4.78, 5) is 37.9. The van der Waals surface area contributed by atoms with Crippen molar-refractivity contribution in [2.75, 3.05) is 13.2 Å². The van der Waals surface area contributed by atoms with E-state index in [1.807, 2.05) is 0 Å². The first kappa shape index (κ1) is 65.1. The van der Waals surface area contributed by atoms with E-state index in [0.717, 1.165) is 96.3 Å². The Morgan fingerprint density at radius 1 is 0.309 bits per heavy atom. The van der Waals surface area contributed by atoms with E-state index in [9.17, 15) is 14.4 Å². The van der Waals surface area contributed by atoms with Gasteiger partial charge < -0.3 is 14.2 Å². The Balaban J connectivity index is 4.18. The van der Waals surface area contributed by atoms with Gasteiger partial charge in [0.1, 0.15) is 13.2 Å². The molecular weight excluding hydrogens is 841 g/mol. The van der Waals surface area contributed by atoms with Crippen LogP contribution in [0.15, 0.2) is 60.8 Å². The first-order valence-electron chi connectivity index (χ1n) is 29.3. The molecule has 0 aliphatic carbocycles. The lowest BCUT2D eigenvalue weighted by Crippen LogP contribution is -2.30. The molecule has 1 unspecified atom stereocenters. The molecule has 394 valence electrons. The topological polar surface area (TPSA) is 78.9 Å². The van der Waals surface area contributed by atoms with Crippen molar-refractivity contribution < 1.29 is 28.6 Å². The van der Waals surface area contributed by atoms with Crippen molar-refractivity contribution in [1.29, 1.82) is 0 Å². The minimum absolute atomic E-state index is 0.0846. The van der Waals surface area contributed by atoms with Crippen LogP contribution in [0.3, 0.4) is 0 Å². The Morgan fingerprint density at radius 3 is 0.897 bits per heavy atom. The van der Waals surface area contributed by atoms with Crippen molar-refractivity contribution in [2.24, 2.45) is 0 Å². The van der Waals surface area contributed by atoms with E-state index in [1.165, 1.54) is 161 Å². The molecule has 0 aliphatic rings. The minimum atomic E-state index is -0.787. The summed E-state index contributed by atoms with van der Waals surface area (Å²) in [7, 11) is 0. The highest BCUT2D eigenvalue weighted by molar-refractivity contribution is 5.71. The number of unbranched alkanes of at least 4 members (excludes halogenated alkanes) is 32. The van der Waals surface area contributed by atoms with Crippen LogP contribution in [-0.2, 0) is 28.6 Å². The molecule has 0 rings (SSSR count). The molecule has 0 amide bonds. The highest BCUT2D eigenvalue weighted by Gasteiger charge is 2.19. The summed E-state index contributed by atoms with van der Waals surface area (Å²) in [5.41, 5.74) is 0. The maximum atomic E-state index is 12.8. The predicted octanol–water partition coefficient (Wildman–Crippen LogP) is 19.6. The predicted molar refractivity (Wildman–Crippen MR) is 293 cm³/mol. The normalized spacial score (nSPS) is 12.5.